The van der Waals surface area contributed by atoms with Gasteiger partial charge in [0, 0.05) is 22.5 Å². The Morgan fingerprint density at radius 3 is 2.78 bits per heavy atom. The van der Waals surface area contributed by atoms with Gasteiger partial charge in [0.2, 0.25) is 5.82 Å². The maximum atomic E-state index is 5.96. The first-order valence-electron chi connectivity index (χ1n) is 8.21. The molecule has 0 spiro atoms. The maximum Gasteiger partial charge on any atom is 0.276 e. The van der Waals surface area contributed by atoms with Crippen molar-refractivity contribution in [3.05, 3.63) is 65.3 Å². The smallest absolute Gasteiger partial charge is 0.276 e. The second kappa shape index (κ2) is 7.13. The van der Waals surface area contributed by atoms with Gasteiger partial charge in [-0.15, -0.1) is 0 Å². The number of hydrogen-bond donors (Lipinski definition) is 1. The fourth-order valence-electron chi connectivity index (χ4n) is 2.62. The first-order valence-corrected chi connectivity index (χ1v) is 8.59. The molecule has 4 rings (SSSR count). The standard InChI is InChI=1S/C19H16ClN5O2/c1-12-15(3-2-4-16(12)21)18-23-19(27-24-18)17-9-10-22-25(17)11-26-14-7-5-13(20)6-8-14/h2-10H,11,21H2,1H3. The van der Waals surface area contributed by atoms with E-state index in [1.54, 1.807) is 41.2 Å². The SMILES string of the molecule is Cc1c(N)cccc1-c1noc(-c2ccnn2COc2ccc(Cl)cc2)n1. The van der Waals surface area contributed by atoms with Gasteiger partial charge in [-0.05, 0) is 48.9 Å². The van der Waals surface area contributed by atoms with Crippen LogP contribution in [0.3, 0.4) is 0 Å². The number of nitrogens with two attached hydrogens (primary N) is 1. The van der Waals surface area contributed by atoms with Gasteiger partial charge in [0.05, 0.1) is 0 Å². The summed E-state index contributed by atoms with van der Waals surface area (Å²) >= 11 is 5.88. The molecule has 0 radical (unpaired) electrons. The van der Waals surface area contributed by atoms with Crippen LogP contribution in [-0.2, 0) is 6.73 Å². The minimum atomic E-state index is 0.193. The van der Waals surface area contributed by atoms with Crippen molar-refractivity contribution in [3.8, 4) is 28.7 Å². The molecule has 0 fully saturated rings. The molecule has 136 valence electrons. The zero-order chi connectivity index (χ0) is 18.8. The summed E-state index contributed by atoms with van der Waals surface area (Å²) in [6.07, 6.45) is 1.65. The van der Waals surface area contributed by atoms with Crippen molar-refractivity contribution in [1.29, 1.82) is 0 Å². The van der Waals surface area contributed by atoms with Crippen molar-refractivity contribution in [2.45, 2.75) is 13.7 Å². The van der Waals surface area contributed by atoms with E-state index in [9.17, 15) is 0 Å². The van der Waals surface area contributed by atoms with Crippen LogP contribution in [0.25, 0.3) is 23.0 Å². The monoisotopic (exact) mass is 381 g/mol. The van der Waals surface area contributed by atoms with Crippen LogP contribution in [0.4, 0.5) is 5.69 Å². The number of rotatable bonds is 5. The number of hydrogen-bond acceptors (Lipinski definition) is 6. The summed E-state index contributed by atoms with van der Waals surface area (Å²) < 4.78 is 12.8. The van der Waals surface area contributed by atoms with Crippen LogP contribution >= 0.6 is 11.6 Å². The molecule has 0 bridgehead atoms. The first kappa shape index (κ1) is 17.1. The maximum absolute atomic E-state index is 5.96. The van der Waals surface area contributed by atoms with Gasteiger partial charge >= 0.3 is 0 Å². The number of nitrogens with zero attached hydrogens (tertiary/aromatic N) is 4. The van der Waals surface area contributed by atoms with Gasteiger partial charge in [0.1, 0.15) is 11.4 Å². The Bertz CT molecular complexity index is 1070. The normalized spacial score (nSPS) is 10.9. The summed E-state index contributed by atoms with van der Waals surface area (Å²) in [5.41, 5.74) is 9.03. The fraction of sp³-hybridized carbons (Fsp3) is 0.105. The van der Waals surface area contributed by atoms with E-state index in [0.717, 1.165) is 11.1 Å². The third kappa shape index (κ3) is 3.50. The summed E-state index contributed by atoms with van der Waals surface area (Å²) in [4.78, 5) is 4.48. The van der Waals surface area contributed by atoms with Crippen LogP contribution in [0.5, 0.6) is 5.75 Å². The zero-order valence-corrected chi connectivity index (χ0v) is 15.2. The first-order chi connectivity index (χ1) is 13.1. The lowest BCUT2D eigenvalue weighted by Gasteiger charge is -2.07. The Hall–Kier alpha value is -3.32. The van der Waals surface area contributed by atoms with Crippen molar-refractivity contribution in [1.82, 2.24) is 19.9 Å². The van der Waals surface area contributed by atoms with Crippen molar-refractivity contribution in [2.24, 2.45) is 0 Å². The van der Waals surface area contributed by atoms with E-state index in [1.165, 1.54) is 0 Å². The minimum absolute atomic E-state index is 0.193. The van der Waals surface area contributed by atoms with Crippen molar-refractivity contribution < 1.29 is 9.26 Å². The van der Waals surface area contributed by atoms with Crippen LogP contribution in [0, 0.1) is 6.92 Å². The van der Waals surface area contributed by atoms with Crippen LogP contribution in [0.15, 0.2) is 59.3 Å². The van der Waals surface area contributed by atoms with Crippen LogP contribution in [0.2, 0.25) is 5.02 Å². The van der Waals surface area contributed by atoms with E-state index in [-0.39, 0.29) is 6.73 Å². The molecule has 0 aliphatic rings. The zero-order valence-electron chi connectivity index (χ0n) is 14.5. The lowest BCUT2D eigenvalue weighted by atomic mass is 10.1. The van der Waals surface area contributed by atoms with E-state index >= 15 is 0 Å². The third-order valence-corrected chi connectivity index (χ3v) is 4.40. The highest BCUT2D eigenvalue weighted by molar-refractivity contribution is 6.30. The van der Waals surface area contributed by atoms with Crippen molar-refractivity contribution in [2.75, 3.05) is 5.73 Å². The van der Waals surface area contributed by atoms with Gasteiger partial charge in [-0.1, -0.05) is 28.9 Å². The van der Waals surface area contributed by atoms with Gasteiger partial charge in [-0.3, -0.25) is 0 Å². The highest BCUT2D eigenvalue weighted by atomic mass is 35.5. The second-order valence-electron chi connectivity index (χ2n) is 5.89. The molecule has 7 nitrogen and oxygen atoms in total. The predicted molar refractivity (Wildman–Crippen MR) is 102 cm³/mol. The van der Waals surface area contributed by atoms with Crippen LogP contribution < -0.4 is 10.5 Å². The van der Waals surface area contributed by atoms with Crippen molar-refractivity contribution in [3.63, 3.8) is 0 Å². The molecule has 2 aromatic heterocycles. The molecule has 2 heterocycles. The van der Waals surface area contributed by atoms with E-state index in [1.807, 2.05) is 25.1 Å². The molecule has 2 N–H and O–H groups in total. The molecule has 4 aromatic rings. The van der Waals surface area contributed by atoms with E-state index in [0.29, 0.717) is 33.9 Å². The molecule has 0 amide bonds. The number of halogens is 1. The minimum Gasteiger partial charge on any atom is -0.471 e. The summed E-state index contributed by atoms with van der Waals surface area (Å²) in [5, 5.41) is 8.98. The Kier molecular flexibility index (Phi) is 4.52. The average molecular weight is 382 g/mol. The molecular weight excluding hydrogens is 366 g/mol. The van der Waals surface area contributed by atoms with Gasteiger partial charge in [0.15, 0.2) is 6.73 Å². The molecular formula is C19H16ClN5O2. The Morgan fingerprint density at radius 2 is 1.96 bits per heavy atom. The Labute approximate surface area is 160 Å². The third-order valence-electron chi connectivity index (χ3n) is 4.15. The molecule has 0 aliphatic heterocycles. The molecule has 8 heteroatoms. The van der Waals surface area contributed by atoms with E-state index in [4.69, 9.17) is 26.6 Å². The van der Waals surface area contributed by atoms with Crippen LogP contribution in [-0.4, -0.2) is 19.9 Å². The number of benzene rings is 2. The number of nitrogen functional groups attached to an aromatic ring is 1. The molecule has 0 atom stereocenters. The highest BCUT2D eigenvalue weighted by Crippen LogP contribution is 2.27. The fourth-order valence-corrected chi connectivity index (χ4v) is 2.74. The molecule has 0 saturated carbocycles. The van der Waals surface area contributed by atoms with E-state index in [2.05, 4.69) is 15.2 Å². The molecule has 2 aromatic carbocycles. The molecule has 27 heavy (non-hydrogen) atoms. The summed E-state index contributed by atoms with van der Waals surface area (Å²) in [5.74, 6) is 1.51. The second-order valence-corrected chi connectivity index (χ2v) is 6.32. The average Bonchev–Trinajstić information content (AvgIpc) is 3.32. The van der Waals surface area contributed by atoms with Crippen molar-refractivity contribution >= 4 is 17.3 Å². The summed E-state index contributed by atoms with van der Waals surface area (Å²) in [6, 6.07) is 14.5. The van der Waals surface area contributed by atoms with Gasteiger partial charge in [0.25, 0.3) is 5.89 Å². The van der Waals surface area contributed by atoms with E-state index < -0.39 is 0 Å². The quantitative estimate of drug-likeness (QED) is 0.521. The number of anilines is 1. The highest BCUT2D eigenvalue weighted by Gasteiger charge is 2.16. The summed E-state index contributed by atoms with van der Waals surface area (Å²) in [7, 11) is 0. The lowest BCUT2D eigenvalue weighted by molar-refractivity contribution is 0.221. The number of aromatic nitrogens is 4. The summed E-state index contributed by atoms with van der Waals surface area (Å²) in [6.45, 7) is 2.11. The van der Waals surface area contributed by atoms with Gasteiger partial charge in [-0.25, -0.2) is 4.68 Å². The van der Waals surface area contributed by atoms with Gasteiger partial charge < -0.3 is 15.0 Å². The topological polar surface area (TPSA) is 92.0 Å². The Balaban J connectivity index is 1.57. The van der Waals surface area contributed by atoms with Gasteiger partial charge in [-0.2, -0.15) is 10.1 Å². The molecule has 0 aliphatic carbocycles. The predicted octanol–water partition coefficient (Wildman–Crippen LogP) is 4.18. The largest absolute Gasteiger partial charge is 0.471 e. The van der Waals surface area contributed by atoms with Crippen LogP contribution in [0.1, 0.15) is 5.56 Å². The Morgan fingerprint density at radius 1 is 1.15 bits per heavy atom. The molecule has 0 unspecified atom stereocenters. The number of ether oxygens (including phenoxy) is 1. The molecule has 0 saturated heterocycles. The lowest BCUT2D eigenvalue weighted by Crippen LogP contribution is -2.08.